The summed E-state index contributed by atoms with van der Waals surface area (Å²) in [5.74, 6) is 0.306. The number of alkyl halides is 2. The van der Waals surface area contributed by atoms with E-state index >= 15 is 0 Å². The second-order valence-electron chi connectivity index (χ2n) is 6.53. The molecule has 2 aromatic heterocycles. The van der Waals surface area contributed by atoms with E-state index in [-0.39, 0.29) is 23.2 Å². The van der Waals surface area contributed by atoms with Crippen LogP contribution in [0.5, 0.6) is 11.5 Å². The lowest BCUT2D eigenvalue weighted by molar-refractivity contribution is -0.0494. The van der Waals surface area contributed by atoms with E-state index in [4.69, 9.17) is 14.4 Å². The zero-order chi connectivity index (χ0) is 23.2. The molecule has 7 nitrogen and oxygen atoms in total. The summed E-state index contributed by atoms with van der Waals surface area (Å²) in [6.07, 6.45) is 0. The van der Waals surface area contributed by atoms with Crippen LogP contribution >= 0.6 is 11.3 Å². The zero-order valence-corrected chi connectivity index (χ0v) is 17.6. The van der Waals surface area contributed by atoms with Gasteiger partial charge in [-0.1, -0.05) is 24.3 Å². The van der Waals surface area contributed by atoms with Gasteiger partial charge in [-0.05, 0) is 36.4 Å². The number of benzene rings is 2. The maximum absolute atomic E-state index is 12.6. The average molecular weight is 467 g/mol. The molecule has 0 spiro atoms. The third-order valence-electron chi connectivity index (χ3n) is 4.37. The standard InChI is InChI=1S/C23H15F2N3O4S/c24-22(25)32-19-8-4-2-6-16(19)17-13-33-23(27-17)28-21(29)20-10-9-15(31-20)12-30-18-7-3-1-5-14(18)11-26/h1-10,13,22H,12H2,(H,27,28,29). The predicted octanol–water partition coefficient (Wildman–Crippen LogP) is 5.71. The van der Waals surface area contributed by atoms with Crippen LogP contribution in [0.3, 0.4) is 0 Å². The van der Waals surface area contributed by atoms with Crippen LogP contribution in [-0.4, -0.2) is 17.5 Å². The molecule has 0 aliphatic heterocycles. The molecule has 0 aliphatic rings. The molecule has 0 unspecified atom stereocenters. The van der Waals surface area contributed by atoms with E-state index in [1.165, 1.54) is 12.1 Å². The van der Waals surface area contributed by atoms with Gasteiger partial charge in [-0.2, -0.15) is 14.0 Å². The fourth-order valence-corrected chi connectivity index (χ4v) is 3.61. The number of para-hydroxylation sites is 2. The molecule has 1 N–H and O–H groups in total. The van der Waals surface area contributed by atoms with Gasteiger partial charge < -0.3 is 13.9 Å². The highest BCUT2D eigenvalue weighted by molar-refractivity contribution is 7.14. The number of furan rings is 1. The number of carbonyl (C=O) groups excluding carboxylic acids is 1. The number of amides is 1. The largest absolute Gasteiger partial charge is 0.484 e. The number of nitriles is 1. The zero-order valence-electron chi connectivity index (χ0n) is 16.8. The lowest BCUT2D eigenvalue weighted by Gasteiger charge is -2.08. The van der Waals surface area contributed by atoms with Gasteiger partial charge in [0.2, 0.25) is 0 Å². The van der Waals surface area contributed by atoms with Gasteiger partial charge in [-0.25, -0.2) is 4.98 Å². The van der Waals surface area contributed by atoms with Gasteiger partial charge in [0, 0.05) is 10.9 Å². The van der Waals surface area contributed by atoms with Crippen LogP contribution in [0, 0.1) is 11.3 Å². The molecule has 1 amide bonds. The van der Waals surface area contributed by atoms with Crippen molar-refractivity contribution in [3.63, 3.8) is 0 Å². The fourth-order valence-electron chi connectivity index (χ4n) is 2.90. The number of carbonyl (C=O) groups is 1. The van der Waals surface area contributed by atoms with Crippen molar-refractivity contribution in [3.05, 3.63) is 83.1 Å². The predicted molar refractivity (Wildman–Crippen MR) is 116 cm³/mol. The Morgan fingerprint density at radius 2 is 1.88 bits per heavy atom. The Morgan fingerprint density at radius 3 is 2.67 bits per heavy atom. The van der Waals surface area contributed by atoms with Gasteiger partial charge in [0.25, 0.3) is 5.91 Å². The summed E-state index contributed by atoms with van der Waals surface area (Å²) >= 11 is 1.13. The van der Waals surface area contributed by atoms with Crippen molar-refractivity contribution in [2.24, 2.45) is 0 Å². The molecular formula is C23H15F2N3O4S. The Kier molecular flexibility index (Phi) is 6.61. The number of aromatic nitrogens is 1. The van der Waals surface area contributed by atoms with Crippen LogP contribution in [0.4, 0.5) is 13.9 Å². The molecule has 0 atom stereocenters. The number of nitrogens with zero attached hydrogens (tertiary/aromatic N) is 2. The van der Waals surface area contributed by atoms with Crippen molar-refractivity contribution in [3.8, 4) is 28.8 Å². The minimum Gasteiger partial charge on any atom is -0.484 e. The number of anilines is 1. The molecule has 0 saturated heterocycles. The number of nitrogens with one attached hydrogen (secondary N) is 1. The summed E-state index contributed by atoms with van der Waals surface area (Å²) in [6, 6.07) is 18.2. The van der Waals surface area contributed by atoms with Crippen LogP contribution in [0.15, 0.2) is 70.5 Å². The van der Waals surface area contributed by atoms with E-state index in [9.17, 15) is 13.6 Å². The number of thiazole rings is 1. The summed E-state index contributed by atoms with van der Waals surface area (Å²) in [7, 11) is 0. The quantitative estimate of drug-likeness (QED) is 0.357. The summed E-state index contributed by atoms with van der Waals surface area (Å²) in [5, 5.41) is 13.6. The van der Waals surface area contributed by atoms with Gasteiger partial charge in [-0.3, -0.25) is 10.1 Å². The van der Waals surface area contributed by atoms with Crippen molar-refractivity contribution >= 4 is 22.4 Å². The molecule has 166 valence electrons. The highest BCUT2D eigenvalue weighted by Gasteiger charge is 2.17. The molecule has 0 bridgehead atoms. The average Bonchev–Trinajstić information content (AvgIpc) is 3.48. The smallest absolute Gasteiger partial charge is 0.387 e. The van der Waals surface area contributed by atoms with Crippen molar-refractivity contribution < 1.29 is 27.5 Å². The Morgan fingerprint density at radius 1 is 1.12 bits per heavy atom. The van der Waals surface area contributed by atoms with Crippen LogP contribution in [0.1, 0.15) is 21.9 Å². The SMILES string of the molecule is N#Cc1ccccc1OCc1ccc(C(=O)Nc2nc(-c3ccccc3OC(F)F)cs2)o1. The molecule has 0 saturated carbocycles. The molecule has 10 heteroatoms. The number of hydrogen-bond acceptors (Lipinski definition) is 7. The fraction of sp³-hybridized carbons (Fsp3) is 0.0870. The Bertz CT molecular complexity index is 1310. The first-order chi connectivity index (χ1) is 16.0. The second kappa shape index (κ2) is 9.93. The Balaban J connectivity index is 1.41. The molecule has 2 aromatic carbocycles. The van der Waals surface area contributed by atoms with Gasteiger partial charge >= 0.3 is 6.61 Å². The first kappa shape index (κ1) is 22.0. The Hall–Kier alpha value is -4.23. The number of halogens is 2. The molecule has 0 fully saturated rings. The van der Waals surface area contributed by atoms with Crippen molar-refractivity contribution in [2.75, 3.05) is 5.32 Å². The number of hydrogen-bond donors (Lipinski definition) is 1. The van der Waals surface area contributed by atoms with Gasteiger partial charge in [-0.15, -0.1) is 11.3 Å². The van der Waals surface area contributed by atoms with Crippen LogP contribution < -0.4 is 14.8 Å². The lowest BCUT2D eigenvalue weighted by Crippen LogP contribution is -2.10. The summed E-state index contributed by atoms with van der Waals surface area (Å²) in [6.45, 7) is -2.93. The van der Waals surface area contributed by atoms with E-state index in [2.05, 4.69) is 15.0 Å². The maximum atomic E-state index is 12.6. The van der Waals surface area contributed by atoms with E-state index < -0.39 is 12.5 Å². The summed E-state index contributed by atoms with van der Waals surface area (Å²) in [4.78, 5) is 16.8. The molecule has 2 heterocycles. The van der Waals surface area contributed by atoms with E-state index in [1.54, 1.807) is 53.9 Å². The lowest BCUT2D eigenvalue weighted by atomic mass is 10.1. The molecule has 4 rings (SSSR count). The van der Waals surface area contributed by atoms with Crippen molar-refractivity contribution in [2.45, 2.75) is 13.2 Å². The minimum atomic E-state index is -2.96. The van der Waals surface area contributed by atoms with Crippen molar-refractivity contribution in [1.29, 1.82) is 5.26 Å². The summed E-state index contributed by atoms with van der Waals surface area (Å²) in [5.41, 5.74) is 1.16. The molecular weight excluding hydrogens is 452 g/mol. The molecule has 0 radical (unpaired) electrons. The third-order valence-corrected chi connectivity index (χ3v) is 5.12. The van der Waals surface area contributed by atoms with Crippen LogP contribution in [0.2, 0.25) is 0 Å². The third kappa shape index (κ3) is 5.34. The monoisotopic (exact) mass is 467 g/mol. The van der Waals surface area contributed by atoms with Gasteiger partial charge in [0.1, 0.15) is 29.9 Å². The van der Waals surface area contributed by atoms with Crippen LogP contribution in [0.25, 0.3) is 11.3 Å². The summed E-state index contributed by atoms with van der Waals surface area (Å²) < 4.78 is 40.9. The van der Waals surface area contributed by atoms with Crippen molar-refractivity contribution in [1.82, 2.24) is 4.98 Å². The van der Waals surface area contributed by atoms with Gasteiger partial charge in [0.15, 0.2) is 10.9 Å². The Labute approximate surface area is 190 Å². The van der Waals surface area contributed by atoms with E-state index in [1.807, 2.05) is 6.07 Å². The first-order valence-electron chi connectivity index (χ1n) is 9.55. The second-order valence-corrected chi connectivity index (χ2v) is 7.39. The minimum absolute atomic E-state index is 0.00988. The van der Waals surface area contributed by atoms with Crippen LogP contribution in [-0.2, 0) is 6.61 Å². The molecule has 33 heavy (non-hydrogen) atoms. The number of ether oxygens (including phenoxy) is 2. The highest BCUT2D eigenvalue weighted by atomic mass is 32.1. The van der Waals surface area contributed by atoms with E-state index in [0.29, 0.717) is 28.3 Å². The van der Waals surface area contributed by atoms with E-state index in [0.717, 1.165) is 11.3 Å². The number of rotatable bonds is 8. The molecule has 4 aromatic rings. The first-order valence-corrected chi connectivity index (χ1v) is 10.4. The normalized spacial score (nSPS) is 10.6. The topological polar surface area (TPSA) is 97.4 Å². The molecule has 0 aliphatic carbocycles. The maximum Gasteiger partial charge on any atom is 0.387 e. The highest BCUT2D eigenvalue weighted by Crippen LogP contribution is 2.33. The van der Waals surface area contributed by atoms with Gasteiger partial charge in [0.05, 0.1) is 11.3 Å².